The molecule has 2 amide bonds. The number of benzene rings is 2. The van der Waals surface area contributed by atoms with Crippen LogP contribution in [-0.4, -0.2) is 49.3 Å². The second kappa shape index (κ2) is 7.43. The highest BCUT2D eigenvalue weighted by atomic mass is 16.5. The summed E-state index contributed by atoms with van der Waals surface area (Å²) in [5.74, 6) is -0.720. The number of carbonyl (C=O) groups is 2. The Morgan fingerprint density at radius 3 is 2.81 bits per heavy atom. The zero-order valence-electron chi connectivity index (χ0n) is 15.1. The van der Waals surface area contributed by atoms with Gasteiger partial charge in [-0.15, -0.1) is 0 Å². The normalized spacial score (nSPS) is 19.6. The average molecular weight is 356 g/mol. The van der Waals surface area contributed by atoms with Crippen LogP contribution in [0.5, 0.6) is 0 Å². The van der Waals surface area contributed by atoms with Crippen molar-refractivity contribution < 1.29 is 19.4 Å². The van der Waals surface area contributed by atoms with Gasteiger partial charge < -0.3 is 20.1 Å². The molecule has 6 heteroatoms. The molecule has 0 aromatic heterocycles. The summed E-state index contributed by atoms with van der Waals surface area (Å²) in [5, 5.41) is 14.9. The molecule has 6 nitrogen and oxygen atoms in total. The van der Waals surface area contributed by atoms with Crippen molar-refractivity contribution in [2.24, 2.45) is 5.92 Å². The van der Waals surface area contributed by atoms with Gasteiger partial charge in [0.25, 0.3) is 0 Å². The smallest absolute Gasteiger partial charge is 0.227 e. The second-order valence-corrected chi connectivity index (χ2v) is 7.05. The fourth-order valence-electron chi connectivity index (χ4n) is 3.34. The number of fused-ring (bicyclic) bond motifs is 1. The minimum absolute atomic E-state index is 0.0647. The molecule has 2 aromatic carbocycles. The molecule has 2 N–H and O–H groups in total. The monoisotopic (exact) mass is 356 g/mol. The van der Waals surface area contributed by atoms with Gasteiger partial charge >= 0.3 is 0 Å². The molecule has 138 valence electrons. The Bertz CT molecular complexity index is 813. The summed E-state index contributed by atoms with van der Waals surface area (Å²) in [6.07, 6.45) is 0.168. The summed E-state index contributed by atoms with van der Waals surface area (Å²) in [5.41, 5.74) is -0.308. The van der Waals surface area contributed by atoms with Gasteiger partial charge in [-0.05, 0) is 18.4 Å². The van der Waals surface area contributed by atoms with E-state index >= 15 is 0 Å². The van der Waals surface area contributed by atoms with Gasteiger partial charge in [-0.1, -0.05) is 36.4 Å². The lowest BCUT2D eigenvalue weighted by molar-refractivity contribution is -0.127. The van der Waals surface area contributed by atoms with Gasteiger partial charge in [0, 0.05) is 32.0 Å². The first kappa shape index (κ1) is 18.4. The lowest BCUT2D eigenvalue weighted by Gasteiger charge is -2.23. The van der Waals surface area contributed by atoms with Crippen molar-refractivity contribution in [1.82, 2.24) is 5.32 Å². The molecule has 2 aromatic rings. The van der Waals surface area contributed by atoms with Gasteiger partial charge in [0.2, 0.25) is 11.8 Å². The standard InChI is InChI=1S/C20H24N2O4/c1-20(25,13-26-2)12-21-19(24)15-10-18(23)22(11-15)17-9-5-7-14-6-3-4-8-16(14)17/h3-9,15,25H,10-13H2,1-2H3,(H,21,24)/t15-,20-/m1/s1. The lowest BCUT2D eigenvalue weighted by atomic mass is 10.1. The molecule has 3 rings (SSSR count). The number of anilines is 1. The van der Waals surface area contributed by atoms with Crippen molar-refractivity contribution in [2.75, 3.05) is 31.7 Å². The van der Waals surface area contributed by atoms with Crippen LogP contribution in [0.3, 0.4) is 0 Å². The highest BCUT2D eigenvalue weighted by molar-refractivity contribution is 6.06. The molecule has 2 atom stereocenters. The first-order valence-electron chi connectivity index (χ1n) is 8.68. The minimum atomic E-state index is -1.14. The molecule has 26 heavy (non-hydrogen) atoms. The summed E-state index contributed by atoms with van der Waals surface area (Å²) < 4.78 is 4.93. The number of rotatable bonds is 6. The maximum absolute atomic E-state index is 12.5. The Hall–Kier alpha value is -2.44. The summed E-state index contributed by atoms with van der Waals surface area (Å²) in [6.45, 7) is 2.14. The number of nitrogens with zero attached hydrogens (tertiary/aromatic N) is 1. The minimum Gasteiger partial charge on any atom is -0.386 e. The Balaban J connectivity index is 1.71. The molecule has 0 unspecified atom stereocenters. The highest BCUT2D eigenvalue weighted by Gasteiger charge is 2.36. The predicted molar refractivity (Wildman–Crippen MR) is 99.9 cm³/mol. The van der Waals surface area contributed by atoms with E-state index in [9.17, 15) is 14.7 Å². The highest BCUT2D eigenvalue weighted by Crippen LogP contribution is 2.31. The number of hydrogen-bond donors (Lipinski definition) is 2. The Morgan fingerprint density at radius 2 is 2.04 bits per heavy atom. The molecule has 1 fully saturated rings. The number of hydrogen-bond acceptors (Lipinski definition) is 4. The largest absolute Gasteiger partial charge is 0.386 e. The van der Waals surface area contributed by atoms with E-state index in [2.05, 4.69) is 5.32 Å². The van der Waals surface area contributed by atoms with Crippen molar-refractivity contribution in [3.63, 3.8) is 0 Å². The van der Waals surface area contributed by atoms with Crippen LogP contribution >= 0.6 is 0 Å². The van der Waals surface area contributed by atoms with Crippen molar-refractivity contribution in [3.05, 3.63) is 42.5 Å². The topological polar surface area (TPSA) is 78.9 Å². The molecule has 0 aliphatic carbocycles. The van der Waals surface area contributed by atoms with E-state index in [4.69, 9.17) is 4.74 Å². The van der Waals surface area contributed by atoms with Crippen LogP contribution in [-0.2, 0) is 14.3 Å². The number of aliphatic hydroxyl groups is 1. The third-order valence-corrected chi connectivity index (χ3v) is 4.65. The summed E-state index contributed by atoms with van der Waals surface area (Å²) in [7, 11) is 1.49. The van der Waals surface area contributed by atoms with Gasteiger partial charge in [-0.2, -0.15) is 0 Å². The summed E-state index contributed by atoms with van der Waals surface area (Å²) in [6, 6.07) is 13.7. The van der Waals surface area contributed by atoms with Crippen molar-refractivity contribution in [2.45, 2.75) is 18.9 Å². The van der Waals surface area contributed by atoms with E-state index in [1.54, 1.807) is 11.8 Å². The zero-order valence-corrected chi connectivity index (χ0v) is 15.1. The maximum atomic E-state index is 12.5. The van der Waals surface area contributed by atoms with Gasteiger partial charge in [0.15, 0.2) is 0 Å². The van der Waals surface area contributed by atoms with Crippen LogP contribution in [0.1, 0.15) is 13.3 Å². The molecule has 0 saturated carbocycles. The number of ether oxygens (including phenoxy) is 1. The third-order valence-electron chi connectivity index (χ3n) is 4.65. The van der Waals surface area contributed by atoms with Gasteiger partial charge in [0.1, 0.15) is 5.60 Å². The van der Waals surface area contributed by atoms with Crippen LogP contribution < -0.4 is 10.2 Å². The molecule has 0 radical (unpaired) electrons. The molecule has 1 aliphatic rings. The van der Waals surface area contributed by atoms with E-state index in [1.807, 2.05) is 42.5 Å². The first-order chi connectivity index (χ1) is 12.4. The number of amides is 2. The quantitative estimate of drug-likeness (QED) is 0.826. The molecular formula is C20H24N2O4. The Labute approximate surface area is 152 Å². The fraction of sp³-hybridized carbons (Fsp3) is 0.400. The molecular weight excluding hydrogens is 332 g/mol. The lowest BCUT2D eigenvalue weighted by Crippen LogP contribution is -2.45. The SMILES string of the molecule is COC[C@](C)(O)CNC(=O)[C@@H]1CC(=O)N(c2cccc3ccccc23)C1. The van der Waals surface area contributed by atoms with Crippen molar-refractivity contribution in [3.8, 4) is 0 Å². The molecule has 1 heterocycles. The number of nitrogens with one attached hydrogen (secondary N) is 1. The van der Waals surface area contributed by atoms with Crippen molar-refractivity contribution in [1.29, 1.82) is 0 Å². The van der Waals surface area contributed by atoms with E-state index < -0.39 is 11.5 Å². The fourth-order valence-corrected chi connectivity index (χ4v) is 3.34. The van der Waals surface area contributed by atoms with Crippen LogP contribution in [0.25, 0.3) is 10.8 Å². The molecule has 0 spiro atoms. The second-order valence-electron chi connectivity index (χ2n) is 7.05. The van der Waals surface area contributed by atoms with E-state index in [-0.39, 0.29) is 31.4 Å². The molecule has 1 saturated heterocycles. The van der Waals surface area contributed by atoms with Crippen LogP contribution in [0.4, 0.5) is 5.69 Å². The first-order valence-corrected chi connectivity index (χ1v) is 8.68. The Kier molecular flexibility index (Phi) is 5.25. The predicted octanol–water partition coefficient (Wildman–Crippen LogP) is 1.71. The zero-order chi connectivity index (χ0) is 18.7. The average Bonchev–Trinajstić information content (AvgIpc) is 3.01. The third kappa shape index (κ3) is 3.86. The van der Waals surface area contributed by atoms with Crippen LogP contribution in [0.2, 0.25) is 0 Å². The van der Waals surface area contributed by atoms with E-state index in [1.165, 1.54) is 7.11 Å². The maximum Gasteiger partial charge on any atom is 0.227 e. The van der Waals surface area contributed by atoms with Crippen LogP contribution in [0, 0.1) is 5.92 Å². The summed E-state index contributed by atoms with van der Waals surface area (Å²) in [4.78, 5) is 26.6. The van der Waals surface area contributed by atoms with Gasteiger partial charge in [-0.25, -0.2) is 0 Å². The van der Waals surface area contributed by atoms with Gasteiger partial charge in [-0.3, -0.25) is 9.59 Å². The van der Waals surface area contributed by atoms with E-state index in [0.717, 1.165) is 16.5 Å². The number of methoxy groups -OCH3 is 1. The summed E-state index contributed by atoms with van der Waals surface area (Å²) >= 11 is 0. The van der Waals surface area contributed by atoms with Crippen LogP contribution in [0.15, 0.2) is 42.5 Å². The van der Waals surface area contributed by atoms with Crippen molar-refractivity contribution >= 4 is 28.3 Å². The Morgan fingerprint density at radius 1 is 1.31 bits per heavy atom. The van der Waals surface area contributed by atoms with E-state index in [0.29, 0.717) is 6.54 Å². The number of carbonyl (C=O) groups excluding carboxylic acids is 2. The van der Waals surface area contributed by atoms with Gasteiger partial charge in [0.05, 0.1) is 18.2 Å². The molecule has 1 aliphatic heterocycles. The molecule has 0 bridgehead atoms.